The molecule has 3 N–H and O–H groups in total. The number of nitrogens with one attached hydrogen (secondary N) is 3. The molecule has 7 nitrogen and oxygen atoms in total. The summed E-state index contributed by atoms with van der Waals surface area (Å²) in [6.45, 7) is 3.97. The molecule has 184 valence electrons. The number of urea groups is 1. The fourth-order valence-corrected chi connectivity index (χ4v) is 3.65. The predicted octanol–water partition coefficient (Wildman–Crippen LogP) is 5.80. The molecule has 1 heterocycles. The van der Waals surface area contributed by atoms with E-state index in [2.05, 4.69) is 25.9 Å². The zero-order valence-electron chi connectivity index (χ0n) is 19.1. The third kappa shape index (κ3) is 7.99. The molecule has 3 rings (SSSR count). The molecular weight excluding hydrogens is 479 g/mol. The number of aromatic nitrogens is 2. The second-order valence-electron chi connectivity index (χ2n) is 7.44. The van der Waals surface area contributed by atoms with E-state index in [1.165, 1.54) is 0 Å². The van der Waals surface area contributed by atoms with Crippen LogP contribution >= 0.6 is 11.8 Å². The van der Waals surface area contributed by atoms with Gasteiger partial charge < -0.3 is 10.6 Å². The topological polar surface area (TPSA) is 96.0 Å². The van der Waals surface area contributed by atoms with Gasteiger partial charge in [0, 0.05) is 17.4 Å². The highest BCUT2D eigenvalue weighted by atomic mass is 32.2. The quantitative estimate of drug-likeness (QED) is 0.265. The molecule has 0 saturated heterocycles. The lowest BCUT2D eigenvalue weighted by Crippen LogP contribution is -2.35. The van der Waals surface area contributed by atoms with Gasteiger partial charge in [-0.1, -0.05) is 49.9 Å². The Morgan fingerprint density at radius 1 is 0.914 bits per heavy atom. The molecule has 1 aromatic heterocycles. The van der Waals surface area contributed by atoms with Gasteiger partial charge in [0.1, 0.15) is 5.82 Å². The highest BCUT2D eigenvalue weighted by molar-refractivity contribution is 7.99. The standard InChI is InChI=1S/C24H24F3N5O2S/c1-3-15-8-10-17(11-9-15)29-22(34)32-21(33)14-35-23-30-19(24(25,26)27)13-20(31-23)28-18-7-5-6-16(4-2)12-18/h5-13H,3-4,14H2,1-2H3,(H,28,30,31)(H2,29,32,33,34). The Morgan fingerprint density at radius 3 is 2.29 bits per heavy atom. The number of benzene rings is 2. The average molecular weight is 504 g/mol. The van der Waals surface area contributed by atoms with Crippen molar-refractivity contribution in [2.75, 3.05) is 16.4 Å². The van der Waals surface area contributed by atoms with Gasteiger partial charge in [-0.2, -0.15) is 13.2 Å². The number of hydrogen-bond donors (Lipinski definition) is 3. The number of nitrogens with zero attached hydrogens (tertiary/aromatic N) is 2. The number of hydrogen-bond acceptors (Lipinski definition) is 6. The summed E-state index contributed by atoms with van der Waals surface area (Å²) in [7, 11) is 0. The first kappa shape index (κ1) is 26.0. The molecule has 0 bridgehead atoms. The van der Waals surface area contributed by atoms with Crippen molar-refractivity contribution < 1.29 is 22.8 Å². The van der Waals surface area contributed by atoms with E-state index >= 15 is 0 Å². The van der Waals surface area contributed by atoms with E-state index in [0.717, 1.165) is 30.0 Å². The summed E-state index contributed by atoms with van der Waals surface area (Å²) in [5.74, 6) is -1.12. The minimum absolute atomic E-state index is 0.0586. The molecule has 0 unspecified atom stereocenters. The molecule has 2 aromatic carbocycles. The van der Waals surface area contributed by atoms with E-state index in [-0.39, 0.29) is 16.7 Å². The second-order valence-corrected chi connectivity index (χ2v) is 8.38. The normalized spacial score (nSPS) is 11.1. The summed E-state index contributed by atoms with van der Waals surface area (Å²) >= 11 is 0.690. The molecular formula is C24H24F3N5O2S. The fraction of sp³-hybridized carbons (Fsp3) is 0.250. The summed E-state index contributed by atoms with van der Waals surface area (Å²) in [6, 6.07) is 14.4. The van der Waals surface area contributed by atoms with Crippen molar-refractivity contribution in [1.82, 2.24) is 15.3 Å². The van der Waals surface area contributed by atoms with Gasteiger partial charge in [0.15, 0.2) is 10.9 Å². The average Bonchev–Trinajstić information content (AvgIpc) is 2.82. The van der Waals surface area contributed by atoms with E-state index < -0.39 is 23.8 Å². The molecule has 0 saturated carbocycles. The van der Waals surface area contributed by atoms with Crippen molar-refractivity contribution in [2.45, 2.75) is 38.0 Å². The Morgan fingerprint density at radius 2 is 1.63 bits per heavy atom. The Balaban J connectivity index is 1.64. The summed E-state index contributed by atoms with van der Waals surface area (Å²) in [4.78, 5) is 31.8. The van der Waals surface area contributed by atoms with Crippen LogP contribution in [0.1, 0.15) is 30.7 Å². The Hall–Kier alpha value is -3.60. The van der Waals surface area contributed by atoms with Crippen LogP contribution in [-0.4, -0.2) is 27.7 Å². The molecule has 0 fully saturated rings. The van der Waals surface area contributed by atoms with Crippen molar-refractivity contribution in [1.29, 1.82) is 0 Å². The van der Waals surface area contributed by atoms with Crippen LogP contribution in [0.15, 0.2) is 59.8 Å². The molecule has 0 spiro atoms. The number of rotatable bonds is 8. The van der Waals surface area contributed by atoms with Crippen LogP contribution in [0.3, 0.4) is 0 Å². The zero-order valence-corrected chi connectivity index (χ0v) is 19.9. The van der Waals surface area contributed by atoms with Crippen LogP contribution in [0.4, 0.5) is 35.2 Å². The van der Waals surface area contributed by atoms with Crippen molar-refractivity contribution in [3.05, 3.63) is 71.4 Å². The van der Waals surface area contributed by atoms with Crippen molar-refractivity contribution in [3.8, 4) is 0 Å². The third-order valence-corrected chi connectivity index (χ3v) is 5.66. The summed E-state index contributed by atoms with van der Waals surface area (Å²) in [6.07, 6.45) is -3.08. The lowest BCUT2D eigenvalue weighted by molar-refractivity contribution is -0.141. The van der Waals surface area contributed by atoms with E-state index in [4.69, 9.17) is 0 Å². The predicted molar refractivity (Wildman–Crippen MR) is 130 cm³/mol. The highest BCUT2D eigenvalue weighted by Gasteiger charge is 2.34. The SMILES string of the molecule is CCc1ccc(NC(=O)NC(=O)CSc2nc(Nc3cccc(CC)c3)cc(C(F)(F)F)n2)cc1. The smallest absolute Gasteiger partial charge is 0.340 e. The summed E-state index contributed by atoms with van der Waals surface area (Å²) in [5.41, 5.74) is 2.04. The number of alkyl halides is 3. The van der Waals surface area contributed by atoms with Gasteiger partial charge >= 0.3 is 12.2 Å². The largest absolute Gasteiger partial charge is 0.433 e. The monoisotopic (exact) mass is 503 g/mol. The molecule has 0 aliphatic heterocycles. The van der Waals surface area contributed by atoms with Gasteiger partial charge in [0.25, 0.3) is 0 Å². The van der Waals surface area contributed by atoms with E-state index in [1.54, 1.807) is 24.3 Å². The van der Waals surface area contributed by atoms with Crippen LogP contribution in [0.2, 0.25) is 0 Å². The molecule has 3 amide bonds. The molecule has 3 aromatic rings. The van der Waals surface area contributed by atoms with Crippen molar-refractivity contribution in [3.63, 3.8) is 0 Å². The maximum atomic E-state index is 13.4. The number of thioether (sulfide) groups is 1. The van der Waals surface area contributed by atoms with Gasteiger partial charge in [0.05, 0.1) is 5.75 Å². The Bertz CT molecular complexity index is 1190. The number of aryl methyl sites for hydroxylation is 2. The van der Waals surface area contributed by atoms with Gasteiger partial charge in [-0.3, -0.25) is 10.1 Å². The highest BCUT2D eigenvalue weighted by Crippen LogP contribution is 2.31. The number of amides is 3. The van der Waals surface area contributed by atoms with Crippen LogP contribution in [0.5, 0.6) is 0 Å². The molecule has 11 heteroatoms. The molecule has 0 atom stereocenters. The molecule has 35 heavy (non-hydrogen) atoms. The van der Waals surface area contributed by atoms with Gasteiger partial charge in [-0.25, -0.2) is 14.8 Å². The Kier molecular flexibility index (Phi) is 8.69. The maximum absolute atomic E-state index is 13.4. The second kappa shape index (κ2) is 11.7. The van der Waals surface area contributed by atoms with Crippen LogP contribution in [0.25, 0.3) is 0 Å². The van der Waals surface area contributed by atoms with E-state index in [9.17, 15) is 22.8 Å². The van der Waals surface area contributed by atoms with Gasteiger partial charge in [0.2, 0.25) is 5.91 Å². The van der Waals surface area contributed by atoms with Gasteiger partial charge in [-0.15, -0.1) is 0 Å². The molecule has 0 aliphatic rings. The maximum Gasteiger partial charge on any atom is 0.433 e. The van der Waals surface area contributed by atoms with Crippen LogP contribution in [-0.2, 0) is 23.8 Å². The number of carbonyl (C=O) groups is 2. The number of carbonyl (C=O) groups excluding carboxylic acids is 2. The van der Waals surface area contributed by atoms with E-state index in [0.29, 0.717) is 23.1 Å². The van der Waals surface area contributed by atoms with Crippen molar-refractivity contribution >= 4 is 40.9 Å². The first-order valence-electron chi connectivity index (χ1n) is 10.8. The number of imide groups is 1. The first-order valence-corrected chi connectivity index (χ1v) is 11.8. The Labute approximate surface area is 204 Å². The van der Waals surface area contributed by atoms with E-state index in [1.807, 2.05) is 38.1 Å². The minimum atomic E-state index is -4.70. The number of anilines is 3. The first-order chi connectivity index (χ1) is 16.7. The summed E-state index contributed by atoms with van der Waals surface area (Å²) in [5, 5.41) is 7.27. The fourth-order valence-electron chi connectivity index (χ4n) is 2.99. The summed E-state index contributed by atoms with van der Waals surface area (Å²) < 4.78 is 40.1. The lowest BCUT2D eigenvalue weighted by Gasteiger charge is -2.12. The van der Waals surface area contributed by atoms with Crippen LogP contribution in [0, 0.1) is 0 Å². The molecule has 0 radical (unpaired) electrons. The minimum Gasteiger partial charge on any atom is -0.340 e. The lowest BCUT2D eigenvalue weighted by atomic mass is 10.1. The molecule has 0 aliphatic carbocycles. The zero-order chi connectivity index (χ0) is 25.4. The van der Waals surface area contributed by atoms with Crippen molar-refractivity contribution in [2.24, 2.45) is 0 Å². The van der Waals surface area contributed by atoms with Gasteiger partial charge in [-0.05, 0) is 48.2 Å². The third-order valence-electron chi connectivity index (χ3n) is 4.81. The van der Waals surface area contributed by atoms with Crippen LogP contribution < -0.4 is 16.0 Å². The number of halogens is 3.